The van der Waals surface area contributed by atoms with Crippen LogP contribution in [0.1, 0.15) is 25.7 Å². The number of carbonyl (C=O) groups is 1. The second-order valence-electron chi connectivity index (χ2n) is 5.12. The lowest BCUT2D eigenvalue weighted by molar-refractivity contribution is -0.142. The highest BCUT2D eigenvalue weighted by Gasteiger charge is 2.41. The van der Waals surface area contributed by atoms with Crippen LogP contribution >= 0.6 is 11.3 Å². The summed E-state index contributed by atoms with van der Waals surface area (Å²) in [4.78, 5) is 15.9. The minimum absolute atomic E-state index is 0.681. The van der Waals surface area contributed by atoms with Crippen molar-refractivity contribution >= 4 is 22.3 Å². The van der Waals surface area contributed by atoms with Gasteiger partial charge in [-0.25, -0.2) is 9.78 Å². The molecular formula is C15H16N2O2S. The van der Waals surface area contributed by atoms with Crippen molar-refractivity contribution in [1.29, 1.82) is 0 Å². The summed E-state index contributed by atoms with van der Waals surface area (Å²) >= 11 is 1.50. The normalized spacial score (nSPS) is 17.0. The van der Waals surface area contributed by atoms with Gasteiger partial charge in [0.2, 0.25) is 0 Å². The lowest BCUT2D eigenvalue weighted by Crippen LogP contribution is -2.43. The third-order valence-corrected chi connectivity index (χ3v) is 4.72. The molecule has 5 heteroatoms. The molecule has 0 atom stereocenters. The van der Waals surface area contributed by atoms with E-state index in [0.29, 0.717) is 12.8 Å². The summed E-state index contributed by atoms with van der Waals surface area (Å²) in [5, 5.41) is 14.4. The Balaban J connectivity index is 1.82. The molecule has 4 nitrogen and oxygen atoms in total. The van der Waals surface area contributed by atoms with Crippen LogP contribution in [0, 0.1) is 0 Å². The van der Waals surface area contributed by atoms with Crippen molar-refractivity contribution in [2.24, 2.45) is 0 Å². The van der Waals surface area contributed by atoms with Gasteiger partial charge in [0.1, 0.15) is 15.5 Å². The lowest BCUT2D eigenvalue weighted by Gasteiger charge is -2.25. The Morgan fingerprint density at radius 3 is 2.60 bits per heavy atom. The van der Waals surface area contributed by atoms with Crippen LogP contribution in [0.3, 0.4) is 0 Å². The summed E-state index contributed by atoms with van der Waals surface area (Å²) in [5.74, 6) is -0.760. The number of hydrogen-bond acceptors (Lipinski definition) is 4. The molecule has 1 aromatic heterocycles. The second kappa shape index (κ2) is 5.25. The minimum atomic E-state index is -0.805. The molecule has 3 rings (SSSR count). The smallest absolute Gasteiger partial charge is 0.329 e. The van der Waals surface area contributed by atoms with E-state index in [9.17, 15) is 9.90 Å². The van der Waals surface area contributed by atoms with Crippen LogP contribution in [0.4, 0.5) is 5.00 Å². The first-order chi connectivity index (χ1) is 9.70. The summed E-state index contributed by atoms with van der Waals surface area (Å²) in [5.41, 5.74) is 0.252. The Morgan fingerprint density at radius 1 is 1.25 bits per heavy atom. The zero-order chi connectivity index (χ0) is 14.0. The maximum Gasteiger partial charge on any atom is 0.329 e. The Kier molecular flexibility index (Phi) is 3.44. The first kappa shape index (κ1) is 13.1. The molecule has 1 saturated carbocycles. The van der Waals surface area contributed by atoms with Gasteiger partial charge < -0.3 is 10.4 Å². The number of anilines is 1. The molecule has 1 aliphatic carbocycles. The predicted molar refractivity (Wildman–Crippen MR) is 80.0 cm³/mol. The molecule has 20 heavy (non-hydrogen) atoms. The summed E-state index contributed by atoms with van der Waals surface area (Å²) in [7, 11) is 0. The van der Waals surface area contributed by atoms with Gasteiger partial charge in [0.25, 0.3) is 0 Å². The summed E-state index contributed by atoms with van der Waals surface area (Å²) < 4.78 is 0. The molecule has 0 spiro atoms. The molecule has 0 saturated heterocycles. The fraction of sp³-hybridized carbons (Fsp3) is 0.333. The zero-order valence-corrected chi connectivity index (χ0v) is 11.8. The van der Waals surface area contributed by atoms with Crippen molar-refractivity contribution in [3.8, 4) is 10.6 Å². The van der Waals surface area contributed by atoms with E-state index in [4.69, 9.17) is 0 Å². The van der Waals surface area contributed by atoms with Crippen LogP contribution in [0.15, 0.2) is 36.5 Å². The van der Waals surface area contributed by atoms with E-state index in [1.54, 1.807) is 6.20 Å². The summed E-state index contributed by atoms with van der Waals surface area (Å²) in [6.45, 7) is 0. The number of hydrogen-bond donors (Lipinski definition) is 2. The monoisotopic (exact) mass is 288 g/mol. The molecule has 1 fully saturated rings. The molecule has 2 N–H and O–H groups in total. The number of carboxylic acids is 1. The van der Waals surface area contributed by atoms with Crippen LogP contribution in [0.5, 0.6) is 0 Å². The molecular weight excluding hydrogens is 272 g/mol. The van der Waals surface area contributed by atoms with E-state index in [-0.39, 0.29) is 0 Å². The second-order valence-corrected chi connectivity index (χ2v) is 6.15. The van der Waals surface area contributed by atoms with Gasteiger partial charge in [-0.3, -0.25) is 0 Å². The highest BCUT2D eigenvalue weighted by Crippen LogP contribution is 2.36. The fourth-order valence-electron chi connectivity index (χ4n) is 2.65. The molecule has 0 unspecified atom stereocenters. The molecule has 2 aromatic rings. The fourth-order valence-corrected chi connectivity index (χ4v) is 3.57. The first-order valence-electron chi connectivity index (χ1n) is 6.72. The Morgan fingerprint density at radius 2 is 1.95 bits per heavy atom. The van der Waals surface area contributed by atoms with Crippen LogP contribution in [0.25, 0.3) is 10.6 Å². The Hall–Kier alpha value is -1.88. The van der Waals surface area contributed by atoms with Gasteiger partial charge in [-0.05, 0) is 12.8 Å². The number of aliphatic carboxylic acids is 1. The van der Waals surface area contributed by atoms with E-state index in [2.05, 4.69) is 10.3 Å². The predicted octanol–water partition coefficient (Wildman–Crippen LogP) is 3.62. The van der Waals surface area contributed by atoms with Gasteiger partial charge in [0.15, 0.2) is 0 Å². The molecule has 1 aliphatic rings. The van der Waals surface area contributed by atoms with Crippen molar-refractivity contribution in [1.82, 2.24) is 4.98 Å². The molecule has 0 amide bonds. The Bertz CT molecular complexity index is 603. The lowest BCUT2D eigenvalue weighted by atomic mass is 9.98. The van der Waals surface area contributed by atoms with Crippen molar-refractivity contribution in [3.63, 3.8) is 0 Å². The average Bonchev–Trinajstić information content (AvgIpc) is 3.10. The van der Waals surface area contributed by atoms with E-state index in [1.807, 2.05) is 30.3 Å². The van der Waals surface area contributed by atoms with E-state index in [0.717, 1.165) is 28.4 Å². The zero-order valence-electron chi connectivity index (χ0n) is 11.0. The van der Waals surface area contributed by atoms with Gasteiger partial charge in [0, 0.05) is 5.56 Å². The van der Waals surface area contributed by atoms with Gasteiger partial charge in [-0.2, -0.15) is 0 Å². The molecule has 0 radical (unpaired) electrons. The molecule has 1 heterocycles. The van der Waals surface area contributed by atoms with E-state index >= 15 is 0 Å². The third kappa shape index (κ3) is 2.41. The maximum atomic E-state index is 11.5. The van der Waals surface area contributed by atoms with Gasteiger partial charge in [-0.1, -0.05) is 54.5 Å². The topological polar surface area (TPSA) is 62.2 Å². The minimum Gasteiger partial charge on any atom is -0.480 e. The molecule has 0 bridgehead atoms. The highest BCUT2D eigenvalue weighted by atomic mass is 32.1. The van der Waals surface area contributed by atoms with Gasteiger partial charge in [0.05, 0.1) is 6.20 Å². The van der Waals surface area contributed by atoms with Crippen molar-refractivity contribution in [2.45, 2.75) is 31.2 Å². The van der Waals surface area contributed by atoms with E-state index < -0.39 is 11.5 Å². The van der Waals surface area contributed by atoms with Gasteiger partial charge >= 0.3 is 5.97 Å². The standard InChI is InChI=1S/C15H16N2O2S/c18-14(19)15(8-4-5-9-15)17-12-10-16-13(20-12)11-6-2-1-3-7-11/h1-3,6-7,10,17H,4-5,8-9H2,(H,18,19). The molecule has 0 aliphatic heterocycles. The van der Waals surface area contributed by atoms with E-state index in [1.165, 1.54) is 11.3 Å². The molecule has 104 valence electrons. The number of rotatable bonds is 4. The number of carboxylic acid groups (broad SMARTS) is 1. The average molecular weight is 288 g/mol. The quantitative estimate of drug-likeness (QED) is 0.902. The summed E-state index contributed by atoms with van der Waals surface area (Å²) in [6.07, 6.45) is 5.02. The number of nitrogens with one attached hydrogen (secondary N) is 1. The number of nitrogens with zero attached hydrogens (tertiary/aromatic N) is 1. The maximum absolute atomic E-state index is 11.5. The number of benzene rings is 1. The van der Waals surface area contributed by atoms with Crippen LogP contribution in [0.2, 0.25) is 0 Å². The number of thiazole rings is 1. The van der Waals surface area contributed by atoms with Crippen molar-refractivity contribution in [3.05, 3.63) is 36.5 Å². The SMILES string of the molecule is O=C(O)C1(Nc2cnc(-c3ccccc3)s2)CCCC1. The number of aromatic nitrogens is 1. The summed E-state index contributed by atoms with van der Waals surface area (Å²) in [6, 6.07) is 9.92. The largest absolute Gasteiger partial charge is 0.480 e. The third-order valence-electron chi connectivity index (χ3n) is 3.76. The van der Waals surface area contributed by atoms with Crippen molar-refractivity contribution < 1.29 is 9.90 Å². The Labute approximate surface area is 121 Å². The highest BCUT2D eigenvalue weighted by molar-refractivity contribution is 7.18. The van der Waals surface area contributed by atoms with Gasteiger partial charge in [-0.15, -0.1) is 0 Å². The molecule has 1 aromatic carbocycles. The van der Waals surface area contributed by atoms with Crippen molar-refractivity contribution in [2.75, 3.05) is 5.32 Å². The van der Waals surface area contributed by atoms with Crippen LogP contribution in [-0.4, -0.2) is 21.6 Å². The van der Waals surface area contributed by atoms with Crippen LogP contribution < -0.4 is 5.32 Å². The van der Waals surface area contributed by atoms with Crippen LogP contribution in [-0.2, 0) is 4.79 Å². The first-order valence-corrected chi connectivity index (χ1v) is 7.54.